The second-order valence-electron chi connectivity index (χ2n) is 4.72. The monoisotopic (exact) mass is 169 g/mol. The number of nitrogens with two attached hydrogens (primary N) is 2. The second kappa shape index (κ2) is 3.35. The molecule has 4 N–H and O–H groups in total. The van der Waals surface area contributed by atoms with Crippen molar-refractivity contribution in [2.75, 3.05) is 6.54 Å². The molecule has 0 spiro atoms. The van der Waals surface area contributed by atoms with Crippen LogP contribution in [0.15, 0.2) is 0 Å². The van der Waals surface area contributed by atoms with Gasteiger partial charge in [0.25, 0.3) is 0 Å². The second-order valence-corrected chi connectivity index (χ2v) is 4.72. The summed E-state index contributed by atoms with van der Waals surface area (Å²) in [6.07, 6.45) is 5.43. The van der Waals surface area contributed by atoms with Crippen molar-refractivity contribution < 1.29 is 5.32 Å². The summed E-state index contributed by atoms with van der Waals surface area (Å²) in [6, 6.07) is 1.37. The average molecular weight is 169 g/mol. The van der Waals surface area contributed by atoms with E-state index in [0.29, 0.717) is 6.04 Å². The first kappa shape index (κ1) is 8.52. The van der Waals surface area contributed by atoms with E-state index in [1.807, 2.05) is 0 Å². The average Bonchev–Trinajstić information content (AvgIpc) is 2.07. The van der Waals surface area contributed by atoms with Gasteiger partial charge in [-0.3, -0.25) is 0 Å². The molecular formula is C10H21N2+. The Morgan fingerprint density at radius 2 is 2.08 bits per heavy atom. The third-order valence-electron chi connectivity index (χ3n) is 3.74. The van der Waals surface area contributed by atoms with Crippen LogP contribution in [0, 0.1) is 11.8 Å². The Morgan fingerprint density at radius 1 is 1.25 bits per heavy atom. The van der Waals surface area contributed by atoms with Crippen molar-refractivity contribution in [2.45, 2.75) is 44.7 Å². The first-order chi connectivity index (χ1) is 5.77. The fourth-order valence-corrected chi connectivity index (χ4v) is 2.95. The van der Waals surface area contributed by atoms with Gasteiger partial charge in [0, 0.05) is 18.4 Å². The quantitative estimate of drug-likeness (QED) is 0.530. The number of rotatable bonds is 0. The summed E-state index contributed by atoms with van der Waals surface area (Å²) in [5, 5.41) is 2.53. The molecule has 1 heterocycles. The molecule has 70 valence electrons. The highest BCUT2D eigenvalue weighted by molar-refractivity contribution is 4.86. The maximum Gasteiger partial charge on any atom is 0.0902 e. The van der Waals surface area contributed by atoms with Gasteiger partial charge in [-0.25, -0.2) is 0 Å². The molecule has 2 rings (SSSR count). The zero-order chi connectivity index (χ0) is 8.55. The maximum atomic E-state index is 6.13. The van der Waals surface area contributed by atoms with Crippen molar-refractivity contribution in [1.82, 2.24) is 0 Å². The highest BCUT2D eigenvalue weighted by atomic mass is 15.0. The van der Waals surface area contributed by atoms with Crippen LogP contribution in [0.5, 0.6) is 0 Å². The Hall–Kier alpha value is -0.0800. The number of quaternary nitrogens is 1. The van der Waals surface area contributed by atoms with Crippen molar-refractivity contribution in [3.05, 3.63) is 0 Å². The molecule has 4 unspecified atom stereocenters. The van der Waals surface area contributed by atoms with Crippen LogP contribution in [0.25, 0.3) is 0 Å². The molecule has 0 aromatic heterocycles. The lowest BCUT2D eigenvalue weighted by atomic mass is 9.73. The SMILES string of the molecule is CC1CCC2[NH2+]CCC(N)C2C1. The topological polar surface area (TPSA) is 42.6 Å². The first-order valence-corrected chi connectivity index (χ1v) is 5.36. The van der Waals surface area contributed by atoms with E-state index in [1.165, 1.54) is 32.2 Å². The van der Waals surface area contributed by atoms with E-state index in [2.05, 4.69) is 12.2 Å². The van der Waals surface area contributed by atoms with Crippen molar-refractivity contribution in [1.29, 1.82) is 0 Å². The molecule has 0 amide bonds. The van der Waals surface area contributed by atoms with Crippen molar-refractivity contribution in [2.24, 2.45) is 17.6 Å². The largest absolute Gasteiger partial charge is 0.343 e. The third kappa shape index (κ3) is 1.50. The third-order valence-corrected chi connectivity index (χ3v) is 3.74. The van der Waals surface area contributed by atoms with Gasteiger partial charge in [0.15, 0.2) is 0 Å². The van der Waals surface area contributed by atoms with Crippen LogP contribution in [0.1, 0.15) is 32.6 Å². The van der Waals surface area contributed by atoms with Crippen LogP contribution in [0.3, 0.4) is 0 Å². The molecule has 1 aliphatic heterocycles. The normalized spacial score (nSPS) is 48.5. The van der Waals surface area contributed by atoms with Gasteiger partial charge in [0.1, 0.15) is 0 Å². The molecule has 0 aromatic rings. The molecule has 0 aromatic carbocycles. The highest BCUT2D eigenvalue weighted by Gasteiger charge is 2.37. The molecule has 1 aliphatic carbocycles. The number of piperidine rings is 1. The predicted molar refractivity (Wildman–Crippen MR) is 49.7 cm³/mol. The van der Waals surface area contributed by atoms with Gasteiger partial charge in [-0.1, -0.05) is 6.92 Å². The summed E-state index contributed by atoms with van der Waals surface area (Å²) < 4.78 is 0. The van der Waals surface area contributed by atoms with Gasteiger partial charge >= 0.3 is 0 Å². The van der Waals surface area contributed by atoms with E-state index in [-0.39, 0.29) is 0 Å². The molecule has 2 fully saturated rings. The molecule has 0 radical (unpaired) electrons. The van der Waals surface area contributed by atoms with Crippen LogP contribution in [0.2, 0.25) is 0 Å². The van der Waals surface area contributed by atoms with E-state index in [0.717, 1.165) is 17.9 Å². The highest BCUT2D eigenvalue weighted by Crippen LogP contribution is 2.30. The fourth-order valence-electron chi connectivity index (χ4n) is 2.95. The summed E-state index contributed by atoms with van der Waals surface area (Å²) in [7, 11) is 0. The van der Waals surface area contributed by atoms with E-state index in [9.17, 15) is 0 Å². The number of hydrogen-bond acceptors (Lipinski definition) is 1. The Morgan fingerprint density at radius 3 is 2.92 bits per heavy atom. The van der Waals surface area contributed by atoms with Gasteiger partial charge < -0.3 is 11.1 Å². The smallest absolute Gasteiger partial charge is 0.0902 e. The summed E-state index contributed by atoms with van der Waals surface area (Å²) >= 11 is 0. The van der Waals surface area contributed by atoms with Gasteiger partial charge in [0.2, 0.25) is 0 Å². The van der Waals surface area contributed by atoms with Crippen LogP contribution in [0.4, 0.5) is 0 Å². The van der Waals surface area contributed by atoms with Gasteiger partial charge in [-0.15, -0.1) is 0 Å². The van der Waals surface area contributed by atoms with Crippen molar-refractivity contribution in [3.63, 3.8) is 0 Å². The van der Waals surface area contributed by atoms with Crippen LogP contribution < -0.4 is 11.1 Å². The molecule has 2 nitrogen and oxygen atoms in total. The molecule has 2 aliphatic rings. The minimum Gasteiger partial charge on any atom is -0.343 e. The minimum atomic E-state index is 0.503. The summed E-state index contributed by atoms with van der Waals surface area (Å²) in [6.45, 7) is 3.63. The zero-order valence-corrected chi connectivity index (χ0v) is 8.00. The maximum absolute atomic E-state index is 6.13. The number of fused-ring (bicyclic) bond motifs is 1. The molecule has 2 heteroatoms. The van der Waals surface area contributed by atoms with Crippen LogP contribution >= 0.6 is 0 Å². The Bertz CT molecular complexity index is 158. The van der Waals surface area contributed by atoms with Crippen molar-refractivity contribution >= 4 is 0 Å². The summed E-state index contributed by atoms with van der Waals surface area (Å²) in [5.41, 5.74) is 6.13. The standard InChI is InChI=1S/C10H20N2/c1-7-2-3-10-8(6-7)9(11)4-5-12-10/h7-10,12H,2-6,11H2,1H3/p+1. The fraction of sp³-hybridized carbons (Fsp3) is 1.00. The molecular weight excluding hydrogens is 148 g/mol. The lowest BCUT2D eigenvalue weighted by molar-refractivity contribution is -0.708. The zero-order valence-electron chi connectivity index (χ0n) is 8.00. The molecule has 4 atom stereocenters. The molecule has 1 saturated carbocycles. The Balaban J connectivity index is 2.00. The number of hydrogen-bond donors (Lipinski definition) is 2. The minimum absolute atomic E-state index is 0.503. The van der Waals surface area contributed by atoms with Crippen LogP contribution in [-0.2, 0) is 0 Å². The lowest BCUT2D eigenvalue weighted by Crippen LogP contribution is -2.95. The van der Waals surface area contributed by atoms with E-state index >= 15 is 0 Å². The molecule has 0 bridgehead atoms. The van der Waals surface area contributed by atoms with E-state index < -0.39 is 0 Å². The van der Waals surface area contributed by atoms with Gasteiger partial charge in [-0.05, 0) is 25.2 Å². The van der Waals surface area contributed by atoms with Gasteiger partial charge in [-0.2, -0.15) is 0 Å². The summed E-state index contributed by atoms with van der Waals surface area (Å²) in [4.78, 5) is 0. The Kier molecular flexibility index (Phi) is 2.37. The predicted octanol–water partition coefficient (Wildman–Crippen LogP) is 0.0856. The lowest BCUT2D eigenvalue weighted by Gasteiger charge is -2.39. The molecule has 1 saturated heterocycles. The van der Waals surface area contributed by atoms with Crippen LogP contribution in [-0.4, -0.2) is 18.6 Å². The van der Waals surface area contributed by atoms with E-state index in [1.54, 1.807) is 0 Å². The Labute approximate surface area is 74.9 Å². The molecule has 12 heavy (non-hydrogen) atoms. The van der Waals surface area contributed by atoms with E-state index in [4.69, 9.17) is 5.73 Å². The van der Waals surface area contributed by atoms with Crippen molar-refractivity contribution in [3.8, 4) is 0 Å². The first-order valence-electron chi connectivity index (χ1n) is 5.36. The summed E-state index contributed by atoms with van der Waals surface area (Å²) in [5.74, 6) is 1.74. The van der Waals surface area contributed by atoms with Gasteiger partial charge in [0.05, 0.1) is 12.6 Å².